The van der Waals surface area contributed by atoms with E-state index in [-0.39, 0.29) is 5.02 Å². The monoisotopic (exact) mass is 567 g/mol. The molecule has 3 aromatic carbocycles. The molecule has 0 atom stereocenters. The molecule has 10 heteroatoms. The first kappa shape index (κ1) is 25.1. The zero-order chi connectivity index (χ0) is 23.8. The van der Waals surface area contributed by atoms with E-state index in [0.717, 1.165) is 5.56 Å². The Balaban J connectivity index is 1.49. The molecule has 0 radical (unpaired) electrons. The van der Waals surface area contributed by atoms with Crippen LogP contribution in [0.5, 0.6) is 5.75 Å². The van der Waals surface area contributed by atoms with Gasteiger partial charge in [0.1, 0.15) is 18.8 Å². The smallest absolute Gasteiger partial charge is 0.249 e. The van der Waals surface area contributed by atoms with Crippen LogP contribution in [0.1, 0.15) is 17.5 Å². The van der Waals surface area contributed by atoms with Crippen LogP contribution in [0.15, 0.2) is 70.2 Å². The number of amides is 2. The fraction of sp³-hybridized carbons (Fsp3) is 0.0870. The molecule has 0 spiro atoms. The molecule has 0 heterocycles. The lowest BCUT2D eigenvalue weighted by atomic mass is 10.2. The molecule has 0 aliphatic rings. The van der Waals surface area contributed by atoms with Crippen molar-refractivity contribution < 1.29 is 14.3 Å². The minimum absolute atomic E-state index is 0.204. The molecule has 0 aliphatic heterocycles. The highest BCUT2D eigenvalue weighted by Crippen LogP contribution is 2.29. The first-order valence-corrected chi connectivity index (χ1v) is 11.5. The van der Waals surface area contributed by atoms with Crippen LogP contribution in [-0.2, 0) is 16.2 Å². The molecule has 3 aromatic rings. The van der Waals surface area contributed by atoms with Gasteiger partial charge in [0.05, 0.1) is 26.4 Å². The molecular formula is C23H17BrCl3N3O3. The number of halogens is 4. The molecule has 0 fully saturated rings. The third-order valence-electron chi connectivity index (χ3n) is 4.25. The minimum Gasteiger partial charge on any atom is -0.488 e. The Morgan fingerprint density at radius 1 is 0.970 bits per heavy atom. The van der Waals surface area contributed by atoms with Gasteiger partial charge in [0, 0.05) is 10.6 Å². The summed E-state index contributed by atoms with van der Waals surface area (Å²) < 4.78 is 6.51. The summed E-state index contributed by atoms with van der Waals surface area (Å²) in [5.41, 5.74) is 4.22. The van der Waals surface area contributed by atoms with E-state index >= 15 is 0 Å². The molecule has 3 rings (SSSR count). The van der Waals surface area contributed by atoms with E-state index in [4.69, 9.17) is 39.5 Å². The Labute approximate surface area is 214 Å². The number of nitrogens with zero attached hydrogens (tertiary/aromatic N) is 1. The summed E-state index contributed by atoms with van der Waals surface area (Å²) in [7, 11) is 0. The Morgan fingerprint density at radius 3 is 2.48 bits per heavy atom. The number of rotatable bonds is 8. The summed E-state index contributed by atoms with van der Waals surface area (Å²) in [6, 6.07) is 17.6. The van der Waals surface area contributed by atoms with Gasteiger partial charge in [-0.25, -0.2) is 5.43 Å². The van der Waals surface area contributed by atoms with Crippen molar-refractivity contribution in [1.29, 1.82) is 0 Å². The van der Waals surface area contributed by atoms with E-state index in [0.29, 0.717) is 38.1 Å². The molecule has 2 amide bonds. The van der Waals surface area contributed by atoms with Crippen LogP contribution in [-0.4, -0.2) is 18.0 Å². The zero-order valence-electron chi connectivity index (χ0n) is 16.9. The largest absolute Gasteiger partial charge is 0.488 e. The second-order valence-corrected chi connectivity index (χ2v) is 8.74. The lowest BCUT2D eigenvalue weighted by Gasteiger charge is -2.10. The summed E-state index contributed by atoms with van der Waals surface area (Å²) in [4.78, 5) is 24.0. The molecule has 0 saturated carbocycles. The molecule has 0 bridgehead atoms. The van der Waals surface area contributed by atoms with Gasteiger partial charge in [-0.2, -0.15) is 5.10 Å². The van der Waals surface area contributed by atoms with Crippen LogP contribution in [0, 0.1) is 0 Å². The van der Waals surface area contributed by atoms with Crippen molar-refractivity contribution in [2.24, 2.45) is 5.10 Å². The maximum atomic E-state index is 12.0. The van der Waals surface area contributed by atoms with Crippen molar-refractivity contribution in [3.63, 3.8) is 0 Å². The molecule has 0 unspecified atom stereocenters. The fourth-order valence-corrected chi connectivity index (χ4v) is 3.69. The third kappa shape index (κ3) is 7.47. The molecule has 33 heavy (non-hydrogen) atoms. The standard InChI is InChI=1S/C23H17BrCl3N3O3/c24-16-10-14(8-9-20(16)33-13-15-4-1-2-5-17(15)25)12-28-30-22(32)11-21(31)29-19-7-3-6-18(26)23(19)27/h1-10,12H,11,13H2,(H,29,31)(H,30,32). The van der Waals surface area contributed by atoms with E-state index in [1.807, 2.05) is 18.2 Å². The maximum Gasteiger partial charge on any atom is 0.249 e. The van der Waals surface area contributed by atoms with E-state index < -0.39 is 18.2 Å². The van der Waals surface area contributed by atoms with Gasteiger partial charge in [-0.1, -0.05) is 59.1 Å². The number of carbonyl (C=O) groups is 2. The Hall–Kier alpha value is -2.58. The number of hydrogen-bond donors (Lipinski definition) is 2. The highest BCUT2D eigenvalue weighted by Gasteiger charge is 2.12. The Morgan fingerprint density at radius 2 is 1.73 bits per heavy atom. The second kappa shape index (κ2) is 12.0. The van der Waals surface area contributed by atoms with Crippen molar-refractivity contribution in [1.82, 2.24) is 5.43 Å². The van der Waals surface area contributed by atoms with Gasteiger partial charge in [0.15, 0.2) is 0 Å². The van der Waals surface area contributed by atoms with Gasteiger partial charge in [-0.3, -0.25) is 9.59 Å². The summed E-state index contributed by atoms with van der Waals surface area (Å²) in [5.74, 6) is -0.497. The molecule has 2 N–H and O–H groups in total. The topological polar surface area (TPSA) is 79.8 Å². The van der Waals surface area contributed by atoms with Gasteiger partial charge in [0.25, 0.3) is 0 Å². The summed E-state index contributed by atoms with van der Waals surface area (Å²) in [6.45, 7) is 0.324. The number of anilines is 1. The van der Waals surface area contributed by atoms with Crippen LogP contribution in [0.25, 0.3) is 0 Å². The SMILES string of the molecule is O=C(CC(=O)Nc1cccc(Cl)c1Cl)NN=Cc1ccc(OCc2ccccc2Cl)c(Br)c1. The van der Waals surface area contributed by atoms with Crippen molar-refractivity contribution in [2.75, 3.05) is 5.32 Å². The van der Waals surface area contributed by atoms with E-state index in [1.54, 1.807) is 42.5 Å². The summed E-state index contributed by atoms with van der Waals surface area (Å²) in [6.07, 6.45) is 1.02. The minimum atomic E-state index is -0.583. The van der Waals surface area contributed by atoms with Gasteiger partial charge in [-0.05, 0) is 57.9 Å². The molecule has 170 valence electrons. The Kier molecular flexibility index (Phi) is 9.14. The number of carbonyl (C=O) groups excluding carboxylic acids is 2. The van der Waals surface area contributed by atoms with E-state index in [2.05, 4.69) is 31.8 Å². The molecule has 0 aliphatic carbocycles. The number of hydrazone groups is 1. The molecule has 0 aromatic heterocycles. The number of ether oxygens (including phenoxy) is 1. The molecular weight excluding hydrogens is 553 g/mol. The van der Waals surface area contributed by atoms with Crippen LogP contribution in [0.4, 0.5) is 5.69 Å². The second-order valence-electron chi connectivity index (χ2n) is 6.69. The highest BCUT2D eigenvalue weighted by molar-refractivity contribution is 9.10. The fourth-order valence-electron chi connectivity index (χ4n) is 2.64. The van der Waals surface area contributed by atoms with Gasteiger partial charge >= 0.3 is 0 Å². The van der Waals surface area contributed by atoms with Crippen molar-refractivity contribution >= 4 is 74.4 Å². The highest BCUT2D eigenvalue weighted by atomic mass is 79.9. The maximum absolute atomic E-state index is 12.0. The Bertz CT molecular complexity index is 1200. The number of hydrogen-bond acceptors (Lipinski definition) is 4. The lowest BCUT2D eigenvalue weighted by Crippen LogP contribution is -2.24. The summed E-state index contributed by atoms with van der Waals surface area (Å²) >= 11 is 21.5. The van der Waals surface area contributed by atoms with Crippen LogP contribution in [0.2, 0.25) is 15.1 Å². The summed E-state index contributed by atoms with van der Waals surface area (Å²) in [5, 5.41) is 7.55. The van der Waals surface area contributed by atoms with E-state index in [9.17, 15) is 9.59 Å². The first-order valence-electron chi connectivity index (χ1n) is 9.55. The van der Waals surface area contributed by atoms with Crippen molar-refractivity contribution in [3.8, 4) is 5.75 Å². The molecule has 6 nitrogen and oxygen atoms in total. The van der Waals surface area contributed by atoms with Crippen molar-refractivity contribution in [3.05, 3.63) is 91.3 Å². The van der Waals surface area contributed by atoms with Crippen molar-refractivity contribution in [2.45, 2.75) is 13.0 Å². The first-order chi connectivity index (χ1) is 15.8. The predicted octanol–water partition coefficient (Wildman–Crippen LogP) is 6.47. The quantitative estimate of drug-likeness (QED) is 0.186. The molecule has 0 saturated heterocycles. The number of benzene rings is 3. The predicted molar refractivity (Wildman–Crippen MR) is 135 cm³/mol. The average molecular weight is 570 g/mol. The average Bonchev–Trinajstić information content (AvgIpc) is 2.77. The van der Waals surface area contributed by atoms with Gasteiger partial charge in [0.2, 0.25) is 11.8 Å². The van der Waals surface area contributed by atoms with Gasteiger partial charge in [-0.15, -0.1) is 0 Å². The van der Waals surface area contributed by atoms with Crippen LogP contribution in [0.3, 0.4) is 0 Å². The van der Waals surface area contributed by atoms with Gasteiger partial charge < -0.3 is 10.1 Å². The van der Waals surface area contributed by atoms with E-state index in [1.165, 1.54) is 6.21 Å². The number of nitrogens with one attached hydrogen (secondary N) is 2. The third-order valence-corrected chi connectivity index (χ3v) is 6.05. The van der Waals surface area contributed by atoms with Crippen LogP contribution >= 0.6 is 50.7 Å². The zero-order valence-corrected chi connectivity index (χ0v) is 20.8. The lowest BCUT2D eigenvalue weighted by molar-refractivity contribution is -0.126. The normalized spacial score (nSPS) is 10.8. The van der Waals surface area contributed by atoms with Crippen LogP contribution < -0.4 is 15.5 Å².